The van der Waals surface area contributed by atoms with Crippen LogP contribution in [0.3, 0.4) is 0 Å². The Morgan fingerprint density at radius 2 is 1.95 bits per heavy atom. The van der Waals surface area contributed by atoms with Gasteiger partial charge in [-0.3, -0.25) is 0 Å². The van der Waals surface area contributed by atoms with Crippen LogP contribution in [-0.2, 0) is 0 Å². The second-order valence-corrected chi connectivity index (χ2v) is 4.41. The van der Waals surface area contributed by atoms with Crippen LogP contribution in [0.2, 0.25) is 0 Å². The molecule has 2 rings (SSSR count). The summed E-state index contributed by atoms with van der Waals surface area (Å²) in [6.45, 7) is 3.49. The first-order chi connectivity index (χ1) is 9.38. The van der Waals surface area contributed by atoms with Gasteiger partial charge in [-0.05, 0) is 37.1 Å². The topological polar surface area (TPSA) is 35.7 Å². The average molecular weight is 283 g/mol. The Bertz CT molecular complexity index is 589. The van der Waals surface area contributed by atoms with E-state index in [-0.39, 0.29) is 17.7 Å². The first kappa shape index (κ1) is 14.4. The molecule has 0 bridgehead atoms. The van der Waals surface area contributed by atoms with Gasteiger partial charge < -0.3 is 4.74 Å². The largest absolute Gasteiger partial charge is 0.496 e. The minimum absolute atomic E-state index is 0.127. The Hall–Kier alpha value is -1.98. The average Bonchev–Trinajstić information content (AvgIpc) is 2.82. The third-order valence-corrected chi connectivity index (χ3v) is 3.11. The first-order valence-electron chi connectivity index (χ1n) is 6.13. The molecule has 20 heavy (non-hydrogen) atoms. The Balaban J connectivity index is 2.45. The van der Waals surface area contributed by atoms with Crippen molar-refractivity contribution >= 4 is 11.4 Å². The third kappa shape index (κ3) is 2.50. The van der Waals surface area contributed by atoms with Gasteiger partial charge in [0, 0.05) is 11.1 Å². The van der Waals surface area contributed by atoms with Gasteiger partial charge in [0.25, 0.3) is 0 Å². The van der Waals surface area contributed by atoms with Gasteiger partial charge >= 0.3 is 6.18 Å². The minimum atomic E-state index is -4.47. The number of aryl methyl sites for hydroxylation is 1. The van der Waals surface area contributed by atoms with E-state index >= 15 is 0 Å². The predicted molar refractivity (Wildman–Crippen MR) is 70.6 cm³/mol. The second kappa shape index (κ2) is 5.19. The predicted octanol–water partition coefficient (Wildman–Crippen LogP) is 3.66. The fourth-order valence-corrected chi connectivity index (χ4v) is 2.15. The van der Waals surface area contributed by atoms with Gasteiger partial charge in [0.05, 0.1) is 12.8 Å². The number of methoxy groups -OCH3 is 1. The number of nitrogens with zero attached hydrogens (tertiary/aromatic N) is 2. The number of hydrogen-bond donors (Lipinski definition) is 0. The molecule has 0 N–H and O–H groups in total. The van der Waals surface area contributed by atoms with Gasteiger partial charge in [-0.15, -0.1) is 10.5 Å². The highest BCUT2D eigenvalue weighted by molar-refractivity contribution is 6.11. The molecule has 0 saturated carbocycles. The van der Waals surface area contributed by atoms with E-state index in [1.54, 1.807) is 32.2 Å². The van der Waals surface area contributed by atoms with Crippen molar-refractivity contribution in [2.24, 2.45) is 5.10 Å². The quantitative estimate of drug-likeness (QED) is 0.833. The number of halogens is 3. The minimum Gasteiger partial charge on any atom is -0.496 e. The first-order valence-corrected chi connectivity index (χ1v) is 6.13. The van der Waals surface area contributed by atoms with Gasteiger partial charge in [-0.25, -0.2) is 0 Å². The maximum atomic E-state index is 12.8. The highest BCUT2D eigenvalue weighted by Crippen LogP contribution is 2.34. The van der Waals surface area contributed by atoms with Crippen molar-refractivity contribution in [3.63, 3.8) is 0 Å². The van der Waals surface area contributed by atoms with E-state index in [2.05, 4.69) is 10.5 Å². The van der Waals surface area contributed by atoms with Crippen LogP contribution in [0.1, 0.15) is 24.5 Å². The molecule has 1 aromatic rings. The summed E-state index contributed by atoms with van der Waals surface area (Å²) in [7, 11) is 1.55. The molecule has 6 heteroatoms. The van der Waals surface area contributed by atoms with Crippen LogP contribution in [0.15, 0.2) is 28.9 Å². The number of allylic oxidation sites excluding steroid dienone is 1. The van der Waals surface area contributed by atoms with Crippen molar-refractivity contribution in [1.82, 2.24) is 5.43 Å². The molecular formula is C14H14F3N2O. The molecule has 0 aliphatic carbocycles. The summed E-state index contributed by atoms with van der Waals surface area (Å²) < 4.78 is 43.7. The molecule has 0 fully saturated rings. The molecule has 107 valence electrons. The zero-order chi connectivity index (χ0) is 14.9. The Labute approximate surface area is 115 Å². The number of ether oxygens (including phenoxy) is 1. The van der Waals surface area contributed by atoms with Gasteiger partial charge in [0.2, 0.25) is 0 Å². The number of alkyl halides is 3. The van der Waals surface area contributed by atoms with Crippen LogP contribution in [0.5, 0.6) is 5.75 Å². The van der Waals surface area contributed by atoms with Crippen LogP contribution in [0.4, 0.5) is 13.2 Å². The monoisotopic (exact) mass is 283 g/mol. The molecule has 1 radical (unpaired) electrons. The Morgan fingerprint density at radius 1 is 1.25 bits per heavy atom. The highest BCUT2D eigenvalue weighted by atomic mass is 19.4. The van der Waals surface area contributed by atoms with Crippen molar-refractivity contribution in [2.45, 2.75) is 26.4 Å². The molecule has 0 amide bonds. The molecular weight excluding hydrogens is 269 g/mol. The lowest BCUT2D eigenvalue weighted by molar-refractivity contribution is -0.0583. The van der Waals surface area contributed by atoms with Crippen LogP contribution in [0, 0.1) is 6.92 Å². The fourth-order valence-electron chi connectivity index (χ4n) is 2.15. The summed E-state index contributed by atoms with van der Waals surface area (Å²) in [5, 5.41) is 3.30. The molecule has 1 aliphatic heterocycles. The van der Waals surface area contributed by atoms with Crippen molar-refractivity contribution < 1.29 is 17.9 Å². The van der Waals surface area contributed by atoms with Crippen molar-refractivity contribution in [3.05, 3.63) is 34.9 Å². The zero-order valence-corrected chi connectivity index (χ0v) is 11.4. The number of hydrogen-bond acceptors (Lipinski definition) is 2. The number of benzene rings is 1. The van der Waals surface area contributed by atoms with Crippen LogP contribution < -0.4 is 10.2 Å². The standard InChI is InChI=1S/C14H14F3N2O/c1-4-10-12(18-19-13(10)14(15,16)17)9-5-6-11(20-3)8(2)7-9/h5-7H,4H2,1-3H3. The van der Waals surface area contributed by atoms with E-state index in [0.717, 1.165) is 5.56 Å². The van der Waals surface area contributed by atoms with Gasteiger partial charge in [0.15, 0.2) is 5.71 Å². The molecule has 0 unspecified atom stereocenters. The third-order valence-electron chi connectivity index (χ3n) is 3.11. The maximum absolute atomic E-state index is 12.8. The van der Waals surface area contributed by atoms with Gasteiger partial charge in [-0.1, -0.05) is 6.92 Å². The maximum Gasteiger partial charge on any atom is 0.435 e. The van der Waals surface area contributed by atoms with Crippen LogP contribution in [-0.4, -0.2) is 19.0 Å². The van der Waals surface area contributed by atoms with E-state index in [1.807, 2.05) is 6.92 Å². The number of rotatable bonds is 3. The molecule has 0 atom stereocenters. The fraction of sp³-hybridized carbons (Fsp3) is 0.357. The van der Waals surface area contributed by atoms with Crippen molar-refractivity contribution in [2.75, 3.05) is 7.11 Å². The smallest absolute Gasteiger partial charge is 0.435 e. The van der Waals surface area contributed by atoms with Gasteiger partial charge in [-0.2, -0.15) is 13.2 Å². The molecule has 0 saturated heterocycles. The van der Waals surface area contributed by atoms with E-state index in [4.69, 9.17) is 4.74 Å². The van der Waals surface area contributed by atoms with Crippen LogP contribution >= 0.6 is 0 Å². The van der Waals surface area contributed by atoms with E-state index in [0.29, 0.717) is 11.3 Å². The van der Waals surface area contributed by atoms with E-state index in [1.165, 1.54) is 0 Å². The lowest BCUT2D eigenvalue weighted by atomic mass is 10.00. The molecule has 0 spiro atoms. The van der Waals surface area contributed by atoms with Crippen molar-refractivity contribution in [1.29, 1.82) is 0 Å². The van der Waals surface area contributed by atoms with Crippen LogP contribution in [0.25, 0.3) is 5.70 Å². The summed E-state index contributed by atoms with van der Waals surface area (Å²) in [4.78, 5) is 0. The summed E-state index contributed by atoms with van der Waals surface area (Å²) in [6.07, 6.45) is -4.25. The molecule has 0 aromatic heterocycles. The van der Waals surface area contributed by atoms with Crippen molar-refractivity contribution in [3.8, 4) is 5.75 Å². The van der Waals surface area contributed by atoms with E-state index in [9.17, 15) is 13.2 Å². The van der Waals surface area contributed by atoms with E-state index < -0.39 is 11.9 Å². The lowest BCUT2D eigenvalue weighted by Gasteiger charge is -2.10. The summed E-state index contributed by atoms with van der Waals surface area (Å²) in [5.41, 5.74) is 4.67. The zero-order valence-electron chi connectivity index (χ0n) is 11.4. The molecule has 3 nitrogen and oxygen atoms in total. The highest BCUT2D eigenvalue weighted by Gasteiger charge is 2.42. The normalized spacial score (nSPS) is 15.2. The molecule has 1 aliphatic rings. The Morgan fingerprint density at radius 3 is 2.45 bits per heavy atom. The SMILES string of the molecule is CCC1=C(c2ccc(OC)c(C)c2)[N]N=C1C(F)(F)F. The summed E-state index contributed by atoms with van der Waals surface area (Å²) >= 11 is 0. The summed E-state index contributed by atoms with van der Waals surface area (Å²) in [6, 6.07) is 5.16. The van der Waals surface area contributed by atoms with Gasteiger partial charge in [0.1, 0.15) is 5.75 Å². The molecule has 1 heterocycles. The Kier molecular flexibility index (Phi) is 3.74. The lowest BCUT2D eigenvalue weighted by Crippen LogP contribution is -2.23. The molecule has 1 aromatic carbocycles. The summed E-state index contributed by atoms with van der Waals surface area (Å²) in [5.74, 6) is 0.683. The second-order valence-electron chi connectivity index (χ2n) is 4.41.